The van der Waals surface area contributed by atoms with Crippen molar-refractivity contribution >= 4 is 21.6 Å². The Labute approximate surface area is 216 Å². The van der Waals surface area contributed by atoms with Crippen LogP contribution >= 0.6 is 0 Å². The van der Waals surface area contributed by atoms with Crippen molar-refractivity contribution in [2.24, 2.45) is 5.14 Å². The maximum atomic E-state index is 14.1. The molecule has 1 atom stereocenters. The number of hydrogen-bond donors (Lipinski definition) is 2. The van der Waals surface area contributed by atoms with E-state index in [0.29, 0.717) is 5.56 Å². The number of hydrogen-bond acceptors (Lipinski definition) is 5. The summed E-state index contributed by atoms with van der Waals surface area (Å²) in [5.74, 6) is -0.995. The van der Waals surface area contributed by atoms with Crippen LogP contribution in [0.15, 0.2) is 96.2 Å². The van der Waals surface area contributed by atoms with E-state index in [1.807, 2.05) is 24.3 Å². The Hall–Kier alpha value is -4.06. The molecule has 3 N–H and O–H groups in total. The topological polar surface area (TPSA) is 114 Å². The molecule has 38 heavy (non-hydrogen) atoms. The number of sulfonamides is 1. The lowest BCUT2D eigenvalue weighted by molar-refractivity contribution is -0.142. The molecule has 11 heteroatoms. The molecule has 3 aromatic carbocycles. The van der Waals surface area contributed by atoms with Gasteiger partial charge in [0.2, 0.25) is 10.0 Å². The molecule has 1 aliphatic rings. The number of rotatable bonds is 5. The lowest BCUT2D eigenvalue weighted by Gasteiger charge is -2.25. The van der Waals surface area contributed by atoms with Crippen LogP contribution in [0.25, 0.3) is 11.1 Å². The molecule has 0 radical (unpaired) electrons. The third-order valence-electron chi connectivity index (χ3n) is 6.46. The van der Waals surface area contributed by atoms with Crippen LogP contribution in [0.4, 0.5) is 18.9 Å². The third kappa shape index (κ3) is 4.34. The highest BCUT2D eigenvalue weighted by Gasteiger charge is 2.55. The predicted octanol–water partition coefficient (Wildman–Crippen LogP) is 4.20. The molecule has 1 unspecified atom stereocenters. The fourth-order valence-corrected chi connectivity index (χ4v) is 5.15. The van der Waals surface area contributed by atoms with E-state index >= 15 is 0 Å². The van der Waals surface area contributed by atoms with E-state index < -0.39 is 38.8 Å². The number of aliphatic hydroxyl groups is 1. The summed E-state index contributed by atoms with van der Waals surface area (Å²) >= 11 is 0. The lowest BCUT2D eigenvalue weighted by atomic mass is 9.84. The fraction of sp³-hybridized carbons (Fsp3) is 0.111. The Balaban J connectivity index is 1.59. The molecule has 0 bridgehead atoms. The summed E-state index contributed by atoms with van der Waals surface area (Å²) in [6, 6.07) is 18.3. The zero-order valence-corrected chi connectivity index (χ0v) is 20.4. The number of aromatic nitrogens is 1. The van der Waals surface area contributed by atoms with Crippen molar-refractivity contribution in [3.63, 3.8) is 0 Å². The SMILES string of the molecule is NS(=O)(=O)c1ccc(C2(O)C(=O)N(Cc3ccc(-c4ccncc4)cc3)c3cccc(C(F)(F)F)c32)cc1. The monoisotopic (exact) mass is 539 g/mol. The second kappa shape index (κ2) is 9.05. The highest BCUT2D eigenvalue weighted by molar-refractivity contribution is 7.89. The number of benzene rings is 3. The minimum Gasteiger partial charge on any atom is -0.372 e. The van der Waals surface area contributed by atoms with E-state index in [4.69, 9.17) is 5.14 Å². The van der Waals surface area contributed by atoms with Gasteiger partial charge in [-0.2, -0.15) is 13.2 Å². The van der Waals surface area contributed by atoms with Gasteiger partial charge in [-0.1, -0.05) is 42.5 Å². The van der Waals surface area contributed by atoms with Gasteiger partial charge in [0, 0.05) is 18.0 Å². The van der Waals surface area contributed by atoms with E-state index in [2.05, 4.69) is 4.98 Å². The molecule has 5 rings (SSSR count). The van der Waals surface area contributed by atoms with Gasteiger partial charge in [0.1, 0.15) is 0 Å². The van der Waals surface area contributed by atoms with E-state index in [1.54, 1.807) is 24.5 Å². The molecule has 0 spiro atoms. The van der Waals surface area contributed by atoms with Gasteiger partial charge in [0.15, 0.2) is 5.60 Å². The normalized spacial score (nSPS) is 17.5. The molecule has 7 nitrogen and oxygen atoms in total. The maximum Gasteiger partial charge on any atom is 0.416 e. The summed E-state index contributed by atoms with van der Waals surface area (Å²) in [4.78, 5) is 18.5. The van der Waals surface area contributed by atoms with Crippen molar-refractivity contribution in [1.82, 2.24) is 4.98 Å². The Bertz CT molecular complexity index is 1630. The average molecular weight is 540 g/mol. The molecular weight excluding hydrogens is 519 g/mol. The number of pyridine rings is 1. The van der Waals surface area contributed by atoms with Crippen LogP contribution in [-0.2, 0) is 33.1 Å². The number of nitrogens with two attached hydrogens (primary N) is 1. The van der Waals surface area contributed by atoms with Gasteiger partial charge in [-0.25, -0.2) is 13.6 Å². The molecule has 0 saturated heterocycles. The van der Waals surface area contributed by atoms with Crippen molar-refractivity contribution < 1.29 is 31.5 Å². The third-order valence-corrected chi connectivity index (χ3v) is 7.39. The van der Waals surface area contributed by atoms with Gasteiger partial charge in [-0.3, -0.25) is 9.78 Å². The Morgan fingerprint density at radius 1 is 0.895 bits per heavy atom. The number of halogens is 3. The van der Waals surface area contributed by atoms with Crippen molar-refractivity contribution in [3.05, 3.63) is 114 Å². The van der Waals surface area contributed by atoms with Crippen LogP contribution < -0.4 is 10.0 Å². The zero-order chi connectivity index (χ0) is 27.3. The summed E-state index contributed by atoms with van der Waals surface area (Å²) < 4.78 is 65.5. The quantitative estimate of drug-likeness (QED) is 0.395. The first-order chi connectivity index (χ1) is 17.9. The molecule has 194 valence electrons. The van der Waals surface area contributed by atoms with Crippen LogP contribution in [0.3, 0.4) is 0 Å². The minimum atomic E-state index is -4.87. The molecule has 1 aliphatic heterocycles. The Morgan fingerprint density at radius 3 is 2.08 bits per heavy atom. The first kappa shape index (κ1) is 25.6. The predicted molar refractivity (Wildman–Crippen MR) is 133 cm³/mol. The molecule has 0 aliphatic carbocycles. The van der Waals surface area contributed by atoms with Crippen LogP contribution in [0.5, 0.6) is 0 Å². The highest BCUT2D eigenvalue weighted by Crippen LogP contribution is 2.50. The summed E-state index contributed by atoms with van der Waals surface area (Å²) in [5.41, 5.74) is -2.39. The van der Waals surface area contributed by atoms with Gasteiger partial charge in [0.25, 0.3) is 5.91 Å². The number of nitrogens with zero attached hydrogens (tertiary/aromatic N) is 2. The van der Waals surface area contributed by atoms with Gasteiger partial charge in [-0.05, 0) is 58.7 Å². The summed E-state index contributed by atoms with van der Waals surface area (Å²) in [5, 5.41) is 16.8. The second-order valence-corrected chi connectivity index (χ2v) is 10.4. The first-order valence-electron chi connectivity index (χ1n) is 11.3. The van der Waals surface area contributed by atoms with Crippen molar-refractivity contribution in [3.8, 4) is 11.1 Å². The number of fused-ring (bicyclic) bond motifs is 1. The number of amides is 1. The maximum absolute atomic E-state index is 14.1. The van der Waals surface area contributed by atoms with E-state index in [9.17, 15) is 31.5 Å². The van der Waals surface area contributed by atoms with E-state index in [0.717, 1.165) is 46.4 Å². The molecule has 1 aromatic heterocycles. The average Bonchev–Trinajstić information content (AvgIpc) is 3.11. The number of primary sulfonamides is 1. The van der Waals surface area contributed by atoms with Gasteiger partial charge < -0.3 is 10.0 Å². The Morgan fingerprint density at radius 2 is 1.50 bits per heavy atom. The lowest BCUT2D eigenvalue weighted by Crippen LogP contribution is -2.41. The van der Waals surface area contributed by atoms with Crippen molar-refractivity contribution in [1.29, 1.82) is 0 Å². The van der Waals surface area contributed by atoms with Crippen LogP contribution in [0.1, 0.15) is 22.3 Å². The van der Waals surface area contributed by atoms with Crippen LogP contribution in [0.2, 0.25) is 0 Å². The number of alkyl halides is 3. The molecule has 1 amide bonds. The van der Waals surface area contributed by atoms with E-state index in [-0.39, 0.29) is 22.7 Å². The molecule has 2 heterocycles. The van der Waals surface area contributed by atoms with Crippen LogP contribution in [0, 0.1) is 0 Å². The number of anilines is 1. The standard InChI is InChI=1S/C27H20F3N3O4S/c28-27(29,30)22-2-1-3-23-24(22)26(35,20-8-10-21(11-9-20)38(31,36)37)25(34)33(23)16-17-4-6-18(7-5-17)19-12-14-32-15-13-19/h1-15,35H,16H2,(H2,31,36,37). The largest absolute Gasteiger partial charge is 0.416 e. The smallest absolute Gasteiger partial charge is 0.372 e. The molecule has 0 saturated carbocycles. The molecule has 4 aromatic rings. The number of carbonyl (C=O) groups excluding carboxylic acids is 1. The Kier molecular flexibility index (Phi) is 6.09. The number of carbonyl (C=O) groups is 1. The molecule has 0 fully saturated rings. The van der Waals surface area contributed by atoms with Crippen LogP contribution in [-0.4, -0.2) is 24.4 Å². The first-order valence-corrected chi connectivity index (χ1v) is 12.8. The van der Waals surface area contributed by atoms with E-state index in [1.165, 1.54) is 12.1 Å². The highest BCUT2D eigenvalue weighted by atomic mass is 32.2. The zero-order valence-electron chi connectivity index (χ0n) is 19.6. The summed E-state index contributed by atoms with van der Waals surface area (Å²) in [6.45, 7) is -0.110. The van der Waals surface area contributed by atoms with Crippen molar-refractivity contribution in [2.45, 2.75) is 23.2 Å². The van der Waals surface area contributed by atoms with Gasteiger partial charge in [-0.15, -0.1) is 0 Å². The van der Waals surface area contributed by atoms with Crippen molar-refractivity contribution in [2.75, 3.05) is 4.90 Å². The fourth-order valence-electron chi connectivity index (χ4n) is 4.63. The minimum absolute atomic E-state index is 0.0962. The summed E-state index contributed by atoms with van der Waals surface area (Å²) in [6.07, 6.45) is -1.57. The van der Waals surface area contributed by atoms with Gasteiger partial charge in [0.05, 0.1) is 22.7 Å². The molecular formula is C27H20F3N3O4S. The second-order valence-electron chi connectivity index (χ2n) is 8.80. The summed E-state index contributed by atoms with van der Waals surface area (Å²) in [7, 11) is -4.10. The van der Waals surface area contributed by atoms with Gasteiger partial charge >= 0.3 is 6.18 Å².